The molecule has 0 bridgehead atoms. The molecule has 0 fully saturated rings. The van der Waals surface area contributed by atoms with Crippen molar-refractivity contribution in [1.82, 2.24) is 4.98 Å². The lowest BCUT2D eigenvalue weighted by atomic mass is 10.2. The molecule has 0 saturated carbocycles. The van der Waals surface area contributed by atoms with Crippen LogP contribution < -0.4 is 10.5 Å². The largest absolute Gasteiger partial charge is 0.464 e. The Morgan fingerprint density at radius 3 is 2.26 bits per heavy atom. The number of ether oxygens (including phenoxy) is 1. The fourth-order valence-corrected chi connectivity index (χ4v) is 2.22. The van der Waals surface area contributed by atoms with E-state index in [0.717, 1.165) is 0 Å². The second-order valence-corrected chi connectivity index (χ2v) is 5.98. The van der Waals surface area contributed by atoms with E-state index in [9.17, 15) is 18.0 Å². The number of nitrogens with two attached hydrogens (primary N) is 1. The van der Waals surface area contributed by atoms with Crippen LogP contribution >= 0.6 is 0 Å². The number of amides is 1. The van der Waals surface area contributed by atoms with Gasteiger partial charge in [-0.05, 0) is 36.4 Å². The number of pyridine rings is 1. The molecule has 9 heteroatoms. The zero-order valence-corrected chi connectivity index (χ0v) is 12.8. The number of esters is 1. The zero-order chi connectivity index (χ0) is 17.0. The number of carbonyl (C=O) groups is 2. The highest BCUT2D eigenvalue weighted by molar-refractivity contribution is 7.89. The van der Waals surface area contributed by atoms with Gasteiger partial charge in [0.1, 0.15) is 11.4 Å². The van der Waals surface area contributed by atoms with Crippen LogP contribution in [0.1, 0.15) is 21.0 Å². The summed E-state index contributed by atoms with van der Waals surface area (Å²) in [7, 11) is -2.58. The van der Waals surface area contributed by atoms with Gasteiger partial charge in [-0.1, -0.05) is 6.07 Å². The Bertz CT molecular complexity index is 847. The van der Waals surface area contributed by atoms with Gasteiger partial charge in [-0.15, -0.1) is 0 Å². The molecule has 0 aliphatic heterocycles. The number of methoxy groups -OCH3 is 1. The summed E-state index contributed by atoms with van der Waals surface area (Å²) in [5.74, 6) is -1.21. The molecule has 8 nitrogen and oxygen atoms in total. The summed E-state index contributed by atoms with van der Waals surface area (Å²) in [6, 6.07) is 9.67. The molecule has 0 saturated heterocycles. The van der Waals surface area contributed by atoms with E-state index in [1.807, 2.05) is 0 Å². The third-order valence-corrected chi connectivity index (χ3v) is 3.75. The van der Waals surface area contributed by atoms with E-state index in [1.165, 1.54) is 49.6 Å². The van der Waals surface area contributed by atoms with Crippen molar-refractivity contribution in [3.8, 4) is 0 Å². The summed E-state index contributed by atoms with van der Waals surface area (Å²) in [6.45, 7) is 0. The Balaban J connectivity index is 2.18. The lowest BCUT2D eigenvalue weighted by Gasteiger charge is -2.06. The summed E-state index contributed by atoms with van der Waals surface area (Å²) in [5, 5.41) is 7.52. The topological polar surface area (TPSA) is 128 Å². The lowest BCUT2D eigenvalue weighted by molar-refractivity contribution is 0.0594. The van der Waals surface area contributed by atoms with Crippen LogP contribution in [0.5, 0.6) is 0 Å². The molecular formula is C14H13N3O5S. The summed E-state index contributed by atoms with van der Waals surface area (Å²) >= 11 is 0. The average Bonchev–Trinajstić information content (AvgIpc) is 2.54. The average molecular weight is 335 g/mol. The van der Waals surface area contributed by atoms with Crippen molar-refractivity contribution in [2.45, 2.75) is 4.90 Å². The number of rotatable bonds is 4. The number of benzene rings is 1. The monoisotopic (exact) mass is 335 g/mol. The molecule has 1 aromatic heterocycles. The van der Waals surface area contributed by atoms with Crippen molar-refractivity contribution in [2.75, 3.05) is 12.4 Å². The van der Waals surface area contributed by atoms with E-state index in [1.54, 1.807) is 0 Å². The van der Waals surface area contributed by atoms with Crippen molar-refractivity contribution < 1.29 is 22.7 Å². The third-order valence-electron chi connectivity index (χ3n) is 2.82. The van der Waals surface area contributed by atoms with Crippen LogP contribution in [-0.2, 0) is 14.8 Å². The van der Waals surface area contributed by atoms with E-state index in [-0.39, 0.29) is 16.3 Å². The number of nitrogens with one attached hydrogen (secondary N) is 1. The van der Waals surface area contributed by atoms with Crippen LogP contribution in [0.3, 0.4) is 0 Å². The Hall–Kier alpha value is -2.78. The van der Waals surface area contributed by atoms with Crippen LogP contribution in [0.2, 0.25) is 0 Å². The smallest absolute Gasteiger partial charge is 0.356 e. The second-order valence-electron chi connectivity index (χ2n) is 4.42. The summed E-state index contributed by atoms with van der Waals surface area (Å²) in [6.07, 6.45) is 0. The Kier molecular flexibility index (Phi) is 4.72. The van der Waals surface area contributed by atoms with Crippen molar-refractivity contribution in [1.29, 1.82) is 0 Å². The lowest BCUT2D eigenvalue weighted by Crippen LogP contribution is -2.16. The molecule has 0 spiro atoms. The van der Waals surface area contributed by atoms with Gasteiger partial charge in [-0.2, -0.15) is 0 Å². The van der Waals surface area contributed by atoms with Crippen molar-refractivity contribution >= 4 is 27.6 Å². The first-order valence-corrected chi connectivity index (χ1v) is 7.85. The Morgan fingerprint density at radius 2 is 1.70 bits per heavy atom. The van der Waals surface area contributed by atoms with Crippen LogP contribution in [0.4, 0.5) is 5.69 Å². The zero-order valence-electron chi connectivity index (χ0n) is 12.0. The molecule has 0 unspecified atom stereocenters. The van der Waals surface area contributed by atoms with Crippen LogP contribution in [-0.4, -0.2) is 32.4 Å². The van der Waals surface area contributed by atoms with Gasteiger partial charge in [-0.3, -0.25) is 4.79 Å². The van der Waals surface area contributed by atoms with Crippen molar-refractivity contribution in [3.63, 3.8) is 0 Å². The molecule has 1 heterocycles. The molecular weight excluding hydrogens is 322 g/mol. The van der Waals surface area contributed by atoms with Crippen LogP contribution in [0.15, 0.2) is 47.4 Å². The number of aromatic nitrogens is 1. The van der Waals surface area contributed by atoms with Crippen molar-refractivity contribution in [3.05, 3.63) is 53.9 Å². The predicted octanol–water partition coefficient (Wildman–Crippen LogP) is 0.768. The highest BCUT2D eigenvalue weighted by atomic mass is 32.2. The van der Waals surface area contributed by atoms with Gasteiger partial charge in [0, 0.05) is 5.69 Å². The van der Waals surface area contributed by atoms with Gasteiger partial charge in [0.05, 0.1) is 12.0 Å². The molecule has 0 aliphatic carbocycles. The molecule has 2 rings (SSSR count). The highest BCUT2D eigenvalue weighted by Gasteiger charge is 2.13. The molecule has 2 aromatic rings. The number of sulfonamides is 1. The minimum absolute atomic E-state index is 0.00437. The molecule has 120 valence electrons. The van der Waals surface area contributed by atoms with Gasteiger partial charge >= 0.3 is 5.97 Å². The third kappa shape index (κ3) is 4.11. The van der Waals surface area contributed by atoms with E-state index in [2.05, 4.69) is 15.0 Å². The fraction of sp³-hybridized carbons (Fsp3) is 0.0714. The minimum atomic E-state index is -3.79. The number of nitrogens with zero attached hydrogens (tertiary/aromatic N) is 1. The fourth-order valence-electron chi connectivity index (χ4n) is 1.70. The quantitative estimate of drug-likeness (QED) is 0.794. The highest BCUT2D eigenvalue weighted by Crippen LogP contribution is 2.13. The van der Waals surface area contributed by atoms with Crippen LogP contribution in [0, 0.1) is 0 Å². The Morgan fingerprint density at radius 1 is 1.09 bits per heavy atom. The van der Waals surface area contributed by atoms with E-state index < -0.39 is 21.9 Å². The molecule has 3 N–H and O–H groups in total. The molecule has 1 amide bonds. The standard InChI is InChI=1S/C14H13N3O5S/c1-22-14(19)12-4-2-3-11(17-12)13(18)16-9-5-7-10(8-6-9)23(15,20)21/h2-8H,1H3,(H,16,18)(H2,15,20,21). The maximum Gasteiger partial charge on any atom is 0.356 e. The SMILES string of the molecule is COC(=O)c1cccc(C(=O)Nc2ccc(S(N)(=O)=O)cc2)n1. The Labute approximate surface area is 132 Å². The summed E-state index contributed by atoms with van der Waals surface area (Å²) in [5.41, 5.74) is 0.376. The normalized spacial score (nSPS) is 10.9. The van der Waals surface area contributed by atoms with E-state index in [4.69, 9.17) is 5.14 Å². The number of hydrogen-bond donors (Lipinski definition) is 2. The molecule has 0 atom stereocenters. The molecule has 1 aromatic carbocycles. The number of hydrogen-bond acceptors (Lipinski definition) is 6. The van der Waals surface area contributed by atoms with Gasteiger partial charge in [0.15, 0.2) is 0 Å². The minimum Gasteiger partial charge on any atom is -0.464 e. The van der Waals surface area contributed by atoms with E-state index in [0.29, 0.717) is 5.69 Å². The molecule has 0 radical (unpaired) electrons. The number of carbonyl (C=O) groups excluding carboxylic acids is 2. The number of anilines is 1. The number of primary sulfonamides is 1. The first-order chi connectivity index (χ1) is 10.8. The summed E-state index contributed by atoms with van der Waals surface area (Å²) in [4.78, 5) is 27.3. The van der Waals surface area contributed by atoms with Gasteiger partial charge in [0.25, 0.3) is 5.91 Å². The molecule has 0 aliphatic rings. The van der Waals surface area contributed by atoms with Gasteiger partial charge in [-0.25, -0.2) is 23.3 Å². The van der Waals surface area contributed by atoms with Crippen molar-refractivity contribution in [2.24, 2.45) is 5.14 Å². The van der Waals surface area contributed by atoms with Gasteiger partial charge in [0.2, 0.25) is 10.0 Å². The van der Waals surface area contributed by atoms with Gasteiger partial charge < -0.3 is 10.1 Å². The first kappa shape index (κ1) is 16.6. The maximum absolute atomic E-state index is 12.1. The van der Waals surface area contributed by atoms with E-state index >= 15 is 0 Å². The maximum atomic E-state index is 12.1. The second kappa shape index (κ2) is 6.55. The molecule has 23 heavy (non-hydrogen) atoms. The van der Waals surface area contributed by atoms with Crippen LogP contribution in [0.25, 0.3) is 0 Å². The first-order valence-electron chi connectivity index (χ1n) is 6.31. The summed E-state index contributed by atoms with van der Waals surface area (Å²) < 4.78 is 26.8. The predicted molar refractivity (Wildman–Crippen MR) is 81.3 cm³/mol.